The van der Waals surface area contributed by atoms with E-state index < -0.39 is 0 Å². The first kappa shape index (κ1) is 9.80. The lowest BCUT2D eigenvalue weighted by molar-refractivity contribution is -0.262. The van der Waals surface area contributed by atoms with E-state index in [1.807, 2.05) is 42.5 Å². The van der Waals surface area contributed by atoms with Crippen molar-refractivity contribution in [2.24, 2.45) is 0 Å². The number of rotatable bonds is 2. The number of nitroso groups, excluding NO2 is 1. The van der Waals surface area contributed by atoms with Gasteiger partial charge in [-0.25, -0.2) is 0 Å². The highest BCUT2D eigenvalue weighted by Crippen LogP contribution is 2.22. The Balaban J connectivity index is 2.46. The van der Waals surface area contributed by atoms with Crippen molar-refractivity contribution < 1.29 is 4.17 Å². The van der Waals surface area contributed by atoms with Gasteiger partial charge in [0.25, 0.3) is 0 Å². The Morgan fingerprint density at radius 3 is 2.20 bits per heavy atom. The van der Waals surface area contributed by atoms with Crippen LogP contribution in [0.15, 0.2) is 54.6 Å². The zero-order valence-electron chi connectivity index (χ0n) is 7.96. The fourth-order valence-corrected chi connectivity index (χ4v) is 1.54. The maximum atomic E-state index is 11.0. The van der Waals surface area contributed by atoms with Gasteiger partial charge < -0.3 is 12.8 Å². The van der Waals surface area contributed by atoms with Gasteiger partial charge in [-0.1, -0.05) is 46.6 Å². The Bertz CT molecular complexity index is 482. The molecule has 0 heterocycles. The molecule has 15 heavy (non-hydrogen) atoms. The topological polar surface area (TPSA) is 20.1 Å². The molecule has 0 bridgehead atoms. The van der Waals surface area contributed by atoms with Crippen LogP contribution in [0.4, 0.5) is 5.69 Å². The minimum absolute atomic E-state index is 0.451. The quantitative estimate of drug-likeness (QED) is 0.566. The minimum Gasteiger partial charge on any atom is -0.364 e. The lowest BCUT2D eigenvalue weighted by Gasteiger charge is -2.01. The van der Waals surface area contributed by atoms with Crippen molar-refractivity contribution in [3.05, 3.63) is 59.5 Å². The predicted molar refractivity (Wildman–Crippen MR) is 62.5 cm³/mol. The molecule has 2 nitrogen and oxygen atoms in total. The molecule has 0 saturated carbocycles. The van der Waals surface area contributed by atoms with Crippen LogP contribution in [0.3, 0.4) is 0 Å². The van der Waals surface area contributed by atoms with Gasteiger partial charge in [0.05, 0.1) is 0 Å². The van der Waals surface area contributed by atoms with Crippen molar-refractivity contribution in [3.63, 3.8) is 0 Å². The van der Waals surface area contributed by atoms with E-state index in [0.717, 1.165) is 11.1 Å². The van der Waals surface area contributed by atoms with Crippen LogP contribution in [0.25, 0.3) is 11.1 Å². The average molecular weight is 215 g/mol. The first-order valence-corrected chi connectivity index (χ1v) is 4.94. The molecule has 2 aromatic rings. The molecule has 0 amide bonds. The molecule has 0 aromatic heterocycles. The van der Waals surface area contributed by atoms with Crippen molar-refractivity contribution in [1.82, 2.24) is 0 Å². The van der Waals surface area contributed by atoms with Gasteiger partial charge in [-0.3, -0.25) is 0 Å². The van der Waals surface area contributed by atoms with E-state index in [1.54, 1.807) is 12.1 Å². The molecular weight excluding hydrogens is 206 g/mol. The van der Waals surface area contributed by atoms with Crippen molar-refractivity contribution in [3.8, 4) is 11.1 Å². The van der Waals surface area contributed by atoms with Gasteiger partial charge in [-0.15, -0.1) is 0 Å². The summed E-state index contributed by atoms with van der Waals surface area (Å²) in [6.07, 6.45) is 0. The van der Waals surface area contributed by atoms with Crippen LogP contribution in [0.2, 0.25) is 0 Å². The van der Waals surface area contributed by atoms with Crippen LogP contribution in [-0.4, -0.2) is 4.17 Å². The smallest absolute Gasteiger partial charge is 0.238 e. The number of hydrogen-bond donors (Lipinski definition) is 0. The van der Waals surface area contributed by atoms with Crippen molar-refractivity contribution in [2.75, 3.05) is 0 Å². The molecule has 0 aliphatic carbocycles. The highest BCUT2D eigenvalue weighted by Gasteiger charge is 2.03. The molecule has 0 aliphatic rings. The molecule has 0 atom stereocenters. The van der Waals surface area contributed by atoms with E-state index in [2.05, 4.69) is 12.8 Å². The van der Waals surface area contributed by atoms with Crippen LogP contribution < -0.4 is 0 Å². The Morgan fingerprint density at radius 2 is 1.53 bits per heavy atom. The SMILES string of the molecule is O=[N+]([S-])c1cccc(-c2ccccc2)c1. The van der Waals surface area contributed by atoms with Crippen LogP contribution in [0.1, 0.15) is 0 Å². The lowest BCUT2D eigenvalue weighted by Crippen LogP contribution is -1.88. The normalized spacial score (nSPS) is 9.87. The summed E-state index contributed by atoms with van der Waals surface area (Å²) in [5.41, 5.74) is 2.57. The van der Waals surface area contributed by atoms with E-state index in [9.17, 15) is 4.91 Å². The second-order valence-electron chi connectivity index (χ2n) is 3.17. The highest BCUT2D eigenvalue weighted by atomic mass is 32.1. The van der Waals surface area contributed by atoms with Gasteiger partial charge in [0.2, 0.25) is 5.69 Å². The molecule has 0 N–H and O–H groups in total. The van der Waals surface area contributed by atoms with Crippen LogP contribution in [0.5, 0.6) is 0 Å². The van der Waals surface area contributed by atoms with Gasteiger partial charge in [0, 0.05) is 17.0 Å². The van der Waals surface area contributed by atoms with E-state index in [4.69, 9.17) is 0 Å². The largest absolute Gasteiger partial charge is 0.364 e. The van der Waals surface area contributed by atoms with Crippen LogP contribution in [0, 0.1) is 4.91 Å². The Labute approximate surface area is 93.7 Å². The van der Waals surface area contributed by atoms with Crippen LogP contribution >= 0.6 is 0 Å². The first-order valence-electron chi connectivity index (χ1n) is 4.57. The molecular formula is C12H9NOS. The molecule has 0 fully saturated rings. The van der Waals surface area contributed by atoms with Gasteiger partial charge in [-0.05, 0) is 11.1 Å². The molecule has 0 radical (unpaired) electrons. The number of benzene rings is 2. The van der Waals surface area contributed by atoms with Gasteiger partial charge >= 0.3 is 0 Å². The van der Waals surface area contributed by atoms with Crippen molar-refractivity contribution in [2.45, 2.75) is 0 Å². The summed E-state index contributed by atoms with van der Waals surface area (Å²) in [6, 6.07) is 17.2. The van der Waals surface area contributed by atoms with Gasteiger partial charge in [0.1, 0.15) is 0 Å². The second kappa shape index (κ2) is 4.19. The van der Waals surface area contributed by atoms with Gasteiger partial charge in [-0.2, -0.15) is 0 Å². The standard InChI is InChI=1S/C12H9NOS/c14-13(15)12-8-4-7-11(9-12)10-5-2-1-3-6-10/h1-9H. The van der Waals surface area contributed by atoms with E-state index in [1.165, 1.54) is 0 Å². The summed E-state index contributed by atoms with van der Waals surface area (Å²) in [5.74, 6) is 0. The third-order valence-electron chi connectivity index (χ3n) is 2.16. The fourth-order valence-electron chi connectivity index (χ4n) is 1.43. The Hall–Kier alpha value is -1.74. The third kappa shape index (κ3) is 2.19. The van der Waals surface area contributed by atoms with Crippen molar-refractivity contribution in [1.29, 1.82) is 0 Å². The van der Waals surface area contributed by atoms with E-state index >= 15 is 0 Å². The molecule has 3 heteroatoms. The minimum atomic E-state index is 0.451. The average Bonchev–Trinajstić information content (AvgIpc) is 2.30. The molecule has 0 aliphatic heterocycles. The molecule has 2 aromatic carbocycles. The summed E-state index contributed by atoms with van der Waals surface area (Å²) in [5, 5.41) is 0. The highest BCUT2D eigenvalue weighted by molar-refractivity contribution is 7.51. The summed E-state index contributed by atoms with van der Waals surface area (Å²) >= 11 is 4.53. The van der Waals surface area contributed by atoms with Crippen molar-refractivity contribution >= 4 is 18.5 Å². The Morgan fingerprint density at radius 1 is 0.867 bits per heavy atom. The zero-order valence-corrected chi connectivity index (χ0v) is 8.78. The van der Waals surface area contributed by atoms with E-state index in [0.29, 0.717) is 9.85 Å². The number of nitrogens with zero attached hydrogens (tertiary/aromatic N) is 1. The third-order valence-corrected chi connectivity index (χ3v) is 2.37. The monoisotopic (exact) mass is 215 g/mol. The van der Waals surface area contributed by atoms with Crippen LogP contribution in [-0.2, 0) is 12.8 Å². The summed E-state index contributed by atoms with van der Waals surface area (Å²) in [7, 11) is 0. The number of hydrogen-bond acceptors (Lipinski definition) is 2. The molecule has 0 unspecified atom stereocenters. The summed E-state index contributed by atoms with van der Waals surface area (Å²) < 4.78 is 0.451. The molecule has 74 valence electrons. The lowest BCUT2D eigenvalue weighted by atomic mass is 10.1. The Kier molecular flexibility index (Phi) is 2.74. The predicted octanol–water partition coefficient (Wildman–Crippen LogP) is 3.23. The molecule has 0 saturated heterocycles. The zero-order chi connectivity index (χ0) is 10.7. The fraction of sp³-hybridized carbons (Fsp3) is 0. The second-order valence-corrected chi connectivity index (χ2v) is 3.51. The summed E-state index contributed by atoms with van der Waals surface area (Å²) in [4.78, 5) is 11.0. The maximum absolute atomic E-state index is 11.0. The summed E-state index contributed by atoms with van der Waals surface area (Å²) in [6.45, 7) is 0. The van der Waals surface area contributed by atoms with Gasteiger partial charge in [0.15, 0.2) is 0 Å². The van der Waals surface area contributed by atoms with E-state index in [-0.39, 0.29) is 0 Å². The molecule has 0 spiro atoms. The molecule has 2 rings (SSSR count). The first-order chi connectivity index (χ1) is 7.27. The maximum Gasteiger partial charge on any atom is 0.238 e.